The zero-order valence-corrected chi connectivity index (χ0v) is 9.91. The Balaban J connectivity index is 2.29. The predicted molar refractivity (Wildman–Crippen MR) is 66.6 cm³/mol. The van der Waals surface area contributed by atoms with Crippen LogP contribution in [-0.4, -0.2) is 23.1 Å². The van der Waals surface area contributed by atoms with E-state index in [2.05, 4.69) is 14.9 Å². The second-order valence-corrected chi connectivity index (χ2v) is 4.02. The Hall–Kier alpha value is -1.32. The summed E-state index contributed by atoms with van der Waals surface area (Å²) in [4.78, 5) is 4.17. The Kier molecular flexibility index (Phi) is 3.59. The van der Waals surface area contributed by atoms with Crippen molar-refractivity contribution in [1.82, 2.24) is 14.9 Å². The van der Waals surface area contributed by atoms with Crippen molar-refractivity contribution in [3.05, 3.63) is 41.8 Å². The van der Waals surface area contributed by atoms with E-state index < -0.39 is 0 Å². The lowest BCUT2D eigenvalue weighted by atomic mass is 10.2. The Morgan fingerprint density at radius 1 is 1.44 bits per heavy atom. The molecule has 4 heteroatoms. The summed E-state index contributed by atoms with van der Waals surface area (Å²) in [7, 11) is 1.94. The van der Waals surface area contributed by atoms with Crippen LogP contribution in [0.25, 0.3) is 11.3 Å². The van der Waals surface area contributed by atoms with Crippen LogP contribution in [0.1, 0.15) is 0 Å². The summed E-state index contributed by atoms with van der Waals surface area (Å²) < 4.78 is 2.11. The van der Waals surface area contributed by atoms with E-state index in [9.17, 15) is 0 Å². The third-order valence-electron chi connectivity index (χ3n) is 2.44. The van der Waals surface area contributed by atoms with Crippen molar-refractivity contribution in [3.8, 4) is 11.3 Å². The highest BCUT2D eigenvalue weighted by atomic mass is 35.5. The number of benzene rings is 1. The van der Waals surface area contributed by atoms with Crippen LogP contribution in [0.15, 0.2) is 36.8 Å². The minimum Gasteiger partial charge on any atom is -0.329 e. The first kappa shape index (κ1) is 11.2. The van der Waals surface area contributed by atoms with E-state index in [4.69, 9.17) is 11.6 Å². The van der Waals surface area contributed by atoms with Crippen molar-refractivity contribution in [2.24, 2.45) is 0 Å². The number of halogens is 1. The van der Waals surface area contributed by atoms with Crippen LogP contribution >= 0.6 is 11.6 Å². The molecule has 0 unspecified atom stereocenters. The molecule has 1 heterocycles. The van der Waals surface area contributed by atoms with Crippen molar-refractivity contribution in [1.29, 1.82) is 0 Å². The van der Waals surface area contributed by atoms with Gasteiger partial charge in [0.05, 0.1) is 18.2 Å². The first-order chi connectivity index (χ1) is 7.81. The molecule has 84 valence electrons. The molecule has 0 saturated carbocycles. The Labute approximate surface area is 100 Å². The lowest BCUT2D eigenvalue weighted by Gasteiger charge is -2.07. The minimum atomic E-state index is 0.749. The molecule has 2 rings (SSSR count). The Morgan fingerprint density at radius 3 is 3.06 bits per heavy atom. The number of imidazole rings is 1. The van der Waals surface area contributed by atoms with Gasteiger partial charge < -0.3 is 9.88 Å². The van der Waals surface area contributed by atoms with Crippen LogP contribution in [0, 0.1) is 0 Å². The van der Waals surface area contributed by atoms with Crippen LogP contribution in [0.2, 0.25) is 5.02 Å². The Morgan fingerprint density at radius 2 is 2.31 bits per heavy atom. The van der Waals surface area contributed by atoms with E-state index in [0.717, 1.165) is 29.4 Å². The van der Waals surface area contributed by atoms with E-state index in [1.165, 1.54) is 0 Å². The lowest BCUT2D eigenvalue weighted by Crippen LogP contribution is -2.14. The van der Waals surface area contributed by atoms with Crippen molar-refractivity contribution in [2.45, 2.75) is 6.54 Å². The van der Waals surface area contributed by atoms with Crippen LogP contribution < -0.4 is 5.32 Å². The van der Waals surface area contributed by atoms with Gasteiger partial charge in [-0.2, -0.15) is 0 Å². The van der Waals surface area contributed by atoms with E-state index in [0.29, 0.717) is 0 Å². The van der Waals surface area contributed by atoms with Crippen LogP contribution in [-0.2, 0) is 6.54 Å². The van der Waals surface area contributed by atoms with Gasteiger partial charge in [-0.1, -0.05) is 23.7 Å². The molecule has 1 N–H and O–H groups in total. The van der Waals surface area contributed by atoms with E-state index in [1.54, 1.807) is 0 Å². The molecule has 0 aliphatic rings. The molecule has 0 bridgehead atoms. The standard InChI is InChI=1S/C12H14ClN3/c1-14-5-6-16-9-15-8-12(16)10-3-2-4-11(13)7-10/h2-4,7-9,14H,5-6H2,1H3. The van der Waals surface area contributed by atoms with Gasteiger partial charge >= 0.3 is 0 Å². The molecule has 1 aromatic carbocycles. The second kappa shape index (κ2) is 5.14. The summed E-state index contributed by atoms with van der Waals surface area (Å²) in [5.74, 6) is 0. The number of nitrogens with one attached hydrogen (secondary N) is 1. The summed E-state index contributed by atoms with van der Waals surface area (Å²) in [6.07, 6.45) is 3.70. The molecule has 0 aliphatic heterocycles. The molecule has 0 spiro atoms. The Bertz CT molecular complexity index is 465. The molecule has 0 atom stereocenters. The maximum Gasteiger partial charge on any atom is 0.0951 e. The van der Waals surface area contributed by atoms with Gasteiger partial charge in [0.2, 0.25) is 0 Å². The highest BCUT2D eigenvalue weighted by Crippen LogP contribution is 2.22. The summed E-state index contributed by atoms with van der Waals surface area (Å²) in [6, 6.07) is 7.82. The molecule has 0 amide bonds. The molecular weight excluding hydrogens is 222 g/mol. The van der Waals surface area contributed by atoms with Gasteiger partial charge in [0.1, 0.15) is 0 Å². The lowest BCUT2D eigenvalue weighted by molar-refractivity contribution is 0.648. The summed E-state index contributed by atoms with van der Waals surface area (Å²) in [6.45, 7) is 1.82. The number of likely N-dealkylation sites (N-methyl/N-ethyl adjacent to an activating group) is 1. The van der Waals surface area contributed by atoms with Gasteiger partial charge in [0.25, 0.3) is 0 Å². The van der Waals surface area contributed by atoms with Crippen molar-refractivity contribution < 1.29 is 0 Å². The van der Waals surface area contributed by atoms with E-state index >= 15 is 0 Å². The van der Waals surface area contributed by atoms with Gasteiger partial charge in [-0.3, -0.25) is 0 Å². The van der Waals surface area contributed by atoms with Gasteiger partial charge in [-0.25, -0.2) is 4.98 Å². The molecule has 1 aromatic heterocycles. The fourth-order valence-corrected chi connectivity index (χ4v) is 1.81. The zero-order chi connectivity index (χ0) is 11.4. The SMILES string of the molecule is CNCCn1cncc1-c1cccc(Cl)c1. The number of hydrogen-bond acceptors (Lipinski definition) is 2. The number of hydrogen-bond donors (Lipinski definition) is 1. The first-order valence-electron chi connectivity index (χ1n) is 5.22. The molecular formula is C12H14ClN3. The quantitative estimate of drug-likeness (QED) is 0.882. The normalized spacial score (nSPS) is 10.6. The fraction of sp³-hybridized carbons (Fsp3) is 0.250. The fourth-order valence-electron chi connectivity index (χ4n) is 1.62. The highest BCUT2D eigenvalue weighted by Gasteiger charge is 2.04. The molecule has 0 saturated heterocycles. The first-order valence-corrected chi connectivity index (χ1v) is 5.59. The molecule has 3 nitrogen and oxygen atoms in total. The largest absolute Gasteiger partial charge is 0.329 e. The number of nitrogens with zero attached hydrogens (tertiary/aromatic N) is 2. The predicted octanol–water partition coefficient (Wildman–Crippen LogP) is 2.42. The highest BCUT2D eigenvalue weighted by molar-refractivity contribution is 6.30. The number of aromatic nitrogens is 2. The maximum atomic E-state index is 5.98. The third-order valence-corrected chi connectivity index (χ3v) is 2.67. The zero-order valence-electron chi connectivity index (χ0n) is 9.15. The molecule has 0 aliphatic carbocycles. The second-order valence-electron chi connectivity index (χ2n) is 3.59. The third kappa shape index (κ3) is 2.43. The van der Waals surface area contributed by atoms with Crippen LogP contribution in [0.4, 0.5) is 0 Å². The summed E-state index contributed by atoms with van der Waals surface area (Å²) >= 11 is 5.98. The molecule has 0 radical (unpaired) electrons. The molecule has 16 heavy (non-hydrogen) atoms. The molecule has 2 aromatic rings. The van der Waals surface area contributed by atoms with Gasteiger partial charge in [0, 0.05) is 23.7 Å². The summed E-state index contributed by atoms with van der Waals surface area (Å²) in [5, 5.41) is 3.87. The topological polar surface area (TPSA) is 29.9 Å². The van der Waals surface area contributed by atoms with Crippen LogP contribution in [0.3, 0.4) is 0 Å². The monoisotopic (exact) mass is 235 g/mol. The maximum absolute atomic E-state index is 5.98. The smallest absolute Gasteiger partial charge is 0.0951 e. The van der Waals surface area contributed by atoms with Crippen molar-refractivity contribution in [2.75, 3.05) is 13.6 Å². The summed E-state index contributed by atoms with van der Waals surface area (Å²) in [5.41, 5.74) is 2.19. The van der Waals surface area contributed by atoms with Crippen molar-refractivity contribution in [3.63, 3.8) is 0 Å². The van der Waals surface area contributed by atoms with Crippen molar-refractivity contribution >= 4 is 11.6 Å². The van der Waals surface area contributed by atoms with Gasteiger partial charge in [-0.05, 0) is 19.2 Å². The van der Waals surface area contributed by atoms with E-state index in [-0.39, 0.29) is 0 Å². The van der Waals surface area contributed by atoms with E-state index in [1.807, 2.05) is 43.8 Å². The number of rotatable bonds is 4. The van der Waals surface area contributed by atoms with Gasteiger partial charge in [0.15, 0.2) is 0 Å². The van der Waals surface area contributed by atoms with Gasteiger partial charge in [-0.15, -0.1) is 0 Å². The average molecular weight is 236 g/mol. The molecule has 0 fully saturated rings. The minimum absolute atomic E-state index is 0.749. The van der Waals surface area contributed by atoms with Crippen LogP contribution in [0.5, 0.6) is 0 Å². The average Bonchev–Trinajstić information content (AvgIpc) is 2.74.